The summed E-state index contributed by atoms with van der Waals surface area (Å²) in [6, 6.07) is 7.68. The van der Waals surface area contributed by atoms with E-state index in [4.69, 9.17) is 5.11 Å². The summed E-state index contributed by atoms with van der Waals surface area (Å²) < 4.78 is 5.57. The van der Waals surface area contributed by atoms with Gasteiger partial charge in [-0.2, -0.15) is 0 Å². The van der Waals surface area contributed by atoms with Crippen LogP contribution in [0.5, 0.6) is 0 Å². The van der Waals surface area contributed by atoms with Gasteiger partial charge in [-0.1, -0.05) is 0 Å². The largest absolute Gasteiger partial charge is 0.518 e. The van der Waals surface area contributed by atoms with Gasteiger partial charge < -0.3 is 9.29 Å². The maximum Gasteiger partial charge on any atom is 0.518 e. The van der Waals surface area contributed by atoms with Crippen molar-refractivity contribution in [3.8, 4) is 0 Å². The van der Waals surface area contributed by atoms with Gasteiger partial charge in [-0.15, -0.1) is 11.3 Å². The quantitative estimate of drug-likeness (QED) is 0.795. The standard InChI is InChI=1S/C9H6O3S2/c10-9(11)12-14-7-1-2-8-6(5-7)3-4-13-8/h1-5H,(H,10,11). The zero-order chi connectivity index (χ0) is 9.97. The van der Waals surface area contributed by atoms with E-state index in [1.54, 1.807) is 11.3 Å². The van der Waals surface area contributed by atoms with Crippen LogP contribution in [0, 0.1) is 0 Å². The van der Waals surface area contributed by atoms with Gasteiger partial charge in [0.05, 0.1) is 12.0 Å². The molecule has 2 rings (SSSR count). The Hall–Kier alpha value is -1.20. The summed E-state index contributed by atoms with van der Waals surface area (Å²) in [5.41, 5.74) is 0. The van der Waals surface area contributed by atoms with Gasteiger partial charge in [0, 0.05) is 9.60 Å². The molecule has 0 fully saturated rings. The Morgan fingerprint density at radius 2 is 2.29 bits per heavy atom. The predicted molar refractivity (Wildman–Crippen MR) is 56.8 cm³/mol. The van der Waals surface area contributed by atoms with Crippen molar-refractivity contribution >= 4 is 39.6 Å². The SMILES string of the molecule is O=C(O)OSc1ccc2sccc2c1. The molecular weight excluding hydrogens is 220 g/mol. The van der Waals surface area contributed by atoms with E-state index in [0.717, 1.165) is 22.3 Å². The second-order valence-electron chi connectivity index (χ2n) is 2.55. The Kier molecular flexibility index (Phi) is 2.60. The molecule has 14 heavy (non-hydrogen) atoms. The van der Waals surface area contributed by atoms with E-state index in [2.05, 4.69) is 4.18 Å². The number of hydrogen-bond donors (Lipinski definition) is 1. The van der Waals surface area contributed by atoms with Crippen LogP contribution >= 0.6 is 23.4 Å². The first-order chi connectivity index (χ1) is 6.75. The van der Waals surface area contributed by atoms with Crippen LogP contribution in [-0.2, 0) is 4.18 Å². The molecule has 0 aliphatic heterocycles. The first kappa shape index (κ1) is 9.36. The van der Waals surface area contributed by atoms with Crippen molar-refractivity contribution in [3.63, 3.8) is 0 Å². The molecule has 0 unspecified atom stereocenters. The van der Waals surface area contributed by atoms with Crippen LogP contribution in [0.25, 0.3) is 10.1 Å². The predicted octanol–water partition coefficient (Wildman–Crippen LogP) is 3.60. The second kappa shape index (κ2) is 3.89. The number of benzene rings is 1. The average Bonchev–Trinajstić information content (AvgIpc) is 2.61. The highest BCUT2D eigenvalue weighted by Crippen LogP contribution is 2.27. The van der Waals surface area contributed by atoms with Gasteiger partial charge in [0.25, 0.3) is 0 Å². The van der Waals surface area contributed by atoms with Crippen LogP contribution in [0.3, 0.4) is 0 Å². The van der Waals surface area contributed by atoms with Gasteiger partial charge in [-0.25, -0.2) is 4.79 Å². The molecule has 0 spiro atoms. The first-order valence-electron chi connectivity index (χ1n) is 3.80. The molecule has 0 saturated heterocycles. The molecule has 0 bridgehead atoms. The molecule has 1 N–H and O–H groups in total. The Morgan fingerprint density at radius 3 is 3.07 bits per heavy atom. The summed E-state index contributed by atoms with van der Waals surface area (Å²) in [6.45, 7) is 0. The van der Waals surface area contributed by atoms with E-state index in [1.165, 1.54) is 4.70 Å². The zero-order valence-corrected chi connectivity index (χ0v) is 8.60. The lowest BCUT2D eigenvalue weighted by Crippen LogP contribution is -1.90. The lowest BCUT2D eigenvalue weighted by Gasteiger charge is -1.98. The van der Waals surface area contributed by atoms with E-state index in [9.17, 15) is 4.79 Å². The molecule has 2 aromatic rings. The molecule has 5 heteroatoms. The Bertz CT molecular complexity index is 464. The topological polar surface area (TPSA) is 46.5 Å². The normalized spacial score (nSPS) is 10.3. The van der Waals surface area contributed by atoms with Crippen molar-refractivity contribution in [1.82, 2.24) is 0 Å². The van der Waals surface area contributed by atoms with Crippen molar-refractivity contribution in [2.24, 2.45) is 0 Å². The van der Waals surface area contributed by atoms with Crippen molar-refractivity contribution in [3.05, 3.63) is 29.6 Å². The molecule has 0 atom stereocenters. The molecule has 0 saturated carbocycles. The second-order valence-corrected chi connectivity index (χ2v) is 4.31. The third-order valence-electron chi connectivity index (χ3n) is 1.63. The van der Waals surface area contributed by atoms with E-state index >= 15 is 0 Å². The van der Waals surface area contributed by atoms with E-state index in [0.29, 0.717) is 0 Å². The van der Waals surface area contributed by atoms with E-state index in [-0.39, 0.29) is 0 Å². The molecule has 0 radical (unpaired) electrons. The van der Waals surface area contributed by atoms with Gasteiger partial charge in [0.2, 0.25) is 0 Å². The number of hydrogen-bond acceptors (Lipinski definition) is 4. The van der Waals surface area contributed by atoms with Crippen LogP contribution in [0.1, 0.15) is 0 Å². The zero-order valence-electron chi connectivity index (χ0n) is 6.97. The van der Waals surface area contributed by atoms with Gasteiger partial charge in [0.15, 0.2) is 0 Å². The lowest BCUT2D eigenvalue weighted by atomic mass is 10.3. The maximum absolute atomic E-state index is 10.1. The fourth-order valence-electron chi connectivity index (χ4n) is 1.08. The molecular formula is C9H6O3S2. The molecule has 0 aliphatic rings. The Labute approximate surface area is 88.5 Å². The third-order valence-corrected chi connectivity index (χ3v) is 3.20. The van der Waals surface area contributed by atoms with Crippen LogP contribution in [-0.4, -0.2) is 11.3 Å². The summed E-state index contributed by atoms with van der Waals surface area (Å²) in [4.78, 5) is 10.9. The van der Waals surface area contributed by atoms with Gasteiger partial charge in [-0.3, -0.25) is 0 Å². The monoisotopic (exact) mass is 226 g/mol. The minimum Gasteiger partial charge on any atom is -0.449 e. The average molecular weight is 226 g/mol. The Morgan fingerprint density at radius 1 is 1.43 bits per heavy atom. The minimum absolute atomic E-state index is 0.790. The van der Waals surface area contributed by atoms with E-state index < -0.39 is 6.16 Å². The van der Waals surface area contributed by atoms with Crippen molar-refractivity contribution < 1.29 is 14.1 Å². The summed E-state index contributed by atoms with van der Waals surface area (Å²) in [6.07, 6.45) is -1.28. The summed E-state index contributed by atoms with van der Waals surface area (Å²) in [5, 5.41) is 11.4. The highest BCUT2D eigenvalue weighted by molar-refractivity contribution is 7.95. The number of carbonyl (C=O) groups is 1. The Balaban J connectivity index is 2.21. The molecule has 1 aromatic carbocycles. The van der Waals surface area contributed by atoms with Gasteiger partial charge in [-0.05, 0) is 35.0 Å². The minimum atomic E-state index is -1.28. The van der Waals surface area contributed by atoms with Crippen molar-refractivity contribution in [2.75, 3.05) is 0 Å². The summed E-state index contributed by atoms with van der Waals surface area (Å²) in [7, 11) is 0. The van der Waals surface area contributed by atoms with Crippen molar-refractivity contribution in [2.45, 2.75) is 4.90 Å². The highest BCUT2D eigenvalue weighted by Gasteiger charge is 2.02. The third kappa shape index (κ3) is 2.00. The highest BCUT2D eigenvalue weighted by atomic mass is 32.2. The van der Waals surface area contributed by atoms with Crippen LogP contribution in [0.4, 0.5) is 4.79 Å². The number of fused-ring (bicyclic) bond motifs is 1. The van der Waals surface area contributed by atoms with Crippen LogP contribution in [0.2, 0.25) is 0 Å². The molecule has 1 heterocycles. The molecule has 72 valence electrons. The van der Waals surface area contributed by atoms with Gasteiger partial charge in [0.1, 0.15) is 0 Å². The summed E-state index contributed by atoms with van der Waals surface area (Å²) in [5.74, 6) is 0. The fraction of sp³-hybridized carbons (Fsp3) is 0. The molecule has 1 aromatic heterocycles. The molecule has 0 amide bonds. The smallest absolute Gasteiger partial charge is 0.449 e. The van der Waals surface area contributed by atoms with E-state index in [1.807, 2.05) is 29.6 Å². The summed E-state index contributed by atoms with van der Waals surface area (Å²) >= 11 is 2.51. The van der Waals surface area contributed by atoms with Crippen molar-refractivity contribution in [1.29, 1.82) is 0 Å². The number of rotatable bonds is 2. The fourth-order valence-corrected chi connectivity index (χ4v) is 2.32. The van der Waals surface area contributed by atoms with Crippen LogP contribution in [0.15, 0.2) is 34.5 Å². The van der Waals surface area contributed by atoms with Gasteiger partial charge >= 0.3 is 6.16 Å². The molecule has 3 nitrogen and oxygen atoms in total. The maximum atomic E-state index is 10.1. The first-order valence-corrected chi connectivity index (χ1v) is 5.42. The molecule has 0 aliphatic carbocycles. The lowest BCUT2D eigenvalue weighted by molar-refractivity contribution is 0.153. The number of carboxylic acid groups (broad SMARTS) is 1. The number of thiophene rings is 1. The van der Waals surface area contributed by atoms with Crippen LogP contribution < -0.4 is 0 Å².